The number of anilines is 1. The van der Waals surface area contributed by atoms with Gasteiger partial charge in [-0.25, -0.2) is 0 Å². The highest BCUT2D eigenvalue weighted by molar-refractivity contribution is 5.46. The van der Waals surface area contributed by atoms with Gasteiger partial charge in [0, 0.05) is 51.1 Å². The van der Waals surface area contributed by atoms with Crippen LogP contribution in [0.25, 0.3) is 0 Å². The maximum atomic E-state index is 5.60. The van der Waals surface area contributed by atoms with E-state index in [-0.39, 0.29) is 0 Å². The normalized spacial score (nSPS) is 13.3. The first-order valence-electron chi connectivity index (χ1n) is 10.9. The summed E-state index contributed by atoms with van der Waals surface area (Å²) in [7, 11) is 0. The quantitative estimate of drug-likeness (QED) is 0.584. The number of para-hydroxylation sites is 1. The molecule has 0 unspecified atom stereocenters. The summed E-state index contributed by atoms with van der Waals surface area (Å²) in [5.74, 6) is 0. The van der Waals surface area contributed by atoms with E-state index in [1.807, 2.05) is 47.6 Å². The van der Waals surface area contributed by atoms with Gasteiger partial charge in [0.15, 0.2) is 0 Å². The molecule has 1 saturated heterocycles. The highest BCUT2D eigenvalue weighted by Crippen LogP contribution is 2.15. The maximum absolute atomic E-state index is 5.60. The topological polar surface area (TPSA) is 41.7 Å². The van der Waals surface area contributed by atoms with Crippen molar-refractivity contribution >= 4 is 5.69 Å². The fourth-order valence-electron chi connectivity index (χ4n) is 2.75. The predicted molar refractivity (Wildman–Crippen MR) is 120 cm³/mol. The van der Waals surface area contributed by atoms with Crippen molar-refractivity contribution in [1.29, 1.82) is 0 Å². The monoisotopic (exact) mass is 391 g/mol. The van der Waals surface area contributed by atoms with Crippen molar-refractivity contribution in [3.05, 3.63) is 48.4 Å². The molecule has 0 spiro atoms. The fourth-order valence-corrected chi connectivity index (χ4v) is 2.75. The molecular weight excluding hydrogens is 350 g/mol. The van der Waals surface area contributed by atoms with Crippen molar-refractivity contribution in [1.82, 2.24) is 10.1 Å². The van der Waals surface area contributed by atoms with Crippen LogP contribution in [-0.2, 0) is 11.3 Å². The maximum Gasteiger partial charge on any atom is 0.124 e. The lowest BCUT2D eigenvalue weighted by Gasteiger charge is -2.36. The lowest BCUT2D eigenvalue weighted by Crippen LogP contribution is -2.46. The molecule has 5 nitrogen and oxygen atoms in total. The Morgan fingerprint density at radius 1 is 0.893 bits per heavy atom. The van der Waals surface area contributed by atoms with E-state index in [0.717, 1.165) is 51.4 Å². The summed E-state index contributed by atoms with van der Waals surface area (Å²) in [5.41, 5.74) is 2.19. The van der Waals surface area contributed by atoms with Crippen LogP contribution in [0.3, 0.4) is 0 Å². The Labute approximate surface area is 172 Å². The zero-order valence-electron chi connectivity index (χ0n) is 18.9. The van der Waals surface area contributed by atoms with Crippen LogP contribution in [-0.4, -0.2) is 49.4 Å². The van der Waals surface area contributed by atoms with Gasteiger partial charge in [0.05, 0.1) is 6.61 Å². The van der Waals surface area contributed by atoms with Crippen molar-refractivity contribution in [2.75, 3.05) is 44.2 Å². The Hall–Kier alpha value is -1.85. The minimum atomic E-state index is 0.540. The summed E-state index contributed by atoms with van der Waals surface area (Å²) in [4.78, 5) is 4.97. The van der Waals surface area contributed by atoms with Gasteiger partial charge in [-0.05, 0) is 18.6 Å². The predicted octanol–water partition coefficient (Wildman–Crippen LogP) is 5.48. The number of benzene rings is 1. The van der Waals surface area contributed by atoms with Crippen molar-refractivity contribution in [2.24, 2.45) is 0 Å². The summed E-state index contributed by atoms with van der Waals surface area (Å²) in [6.07, 6.45) is 2.63. The first-order chi connectivity index (χ1) is 13.9. The number of hydrogen-bond acceptors (Lipinski definition) is 5. The zero-order valence-corrected chi connectivity index (χ0v) is 18.9. The summed E-state index contributed by atoms with van der Waals surface area (Å²) < 4.78 is 10.4. The van der Waals surface area contributed by atoms with E-state index in [1.54, 1.807) is 6.26 Å². The van der Waals surface area contributed by atoms with E-state index in [1.165, 1.54) is 5.69 Å². The summed E-state index contributed by atoms with van der Waals surface area (Å²) in [5, 5.41) is 3.82. The second-order valence-electron chi connectivity index (χ2n) is 5.56. The number of nitrogens with zero attached hydrogens (tertiary/aromatic N) is 3. The lowest BCUT2D eigenvalue weighted by molar-refractivity contribution is 0.103. The molecule has 0 amide bonds. The van der Waals surface area contributed by atoms with Gasteiger partial charge in [0.25, 0.3) is 0 Å². The standard InChI is InChI=1S/C17H23N3O2.3C2H6/c1-2-5-17(6-3-1)20-11-9-19(10-12-20)8-4-13-21-15-16-7-14-22-18-16;3*1-2/h1-3,5-7,14H,4,8-13,15H2;3*1-2H3. The molecule has 1 aliphatic rings. The minimum absolute atomic E-state index is 0.540. The molecule has 0 aliphatic carbocycles. The number of ether oxygens (including phenoxy) is 1. The van der Waals surface area contributed by atoms with Crippen LogP contribution in [0.2, 0.25) is 0 Å². The van der Waals surface area contributed by atoms with Crippen molar-refractivity contribution < 1.29 is 9.26 Å². The van der Waals surface area contributed by atoms with Crippen LogP contribution in [0.1, 0.15) is 53.7 Å². The average molecular weight is 392 g/mol. The van der Waals surface area contributed by atoms with Crippen LogP contribution in [0.15, 0.2) is 47.2 Å². The Bertz CT molecular complexity index is 524. The zero-order chi connectivity index (χ0) is 21.0. The van der Waals surface area contributed by atoms with E-state index in [4.69, 9.17) is 9.26 Å². The molecule has 1 fully saturated rings. The number of piperazine rings is 1. The van der Waals surface area contributed by atoms with Gasteiger partial charge in [-0.3, -0.25) is 4.90 Å². The van der Waals surface area contributed by atoms with Gasteiger partial charge < -0.3 is 14.2 Å². The molecule has 0 radical (unpaired) electrons. The highest BCUT2D eigenvalue weighted by Gasteiger charge is 2.16. The third-order valence-corrected chi connectivity index (χ3v) is 4.00. The second kappa shape index (κ2) is 18.5. The SMILES string of the molecule is CC.CC.CC.c1ccc(N2CCN(CCCOCc3ccon3)CC2)cc1. The van der Waals surface area contributed by atoms with Crippen LogP contribution in [0.5, 0.6) is 0 Å². The van der Waals surface area contributed by atoms with E-state index in [2.05, 4.69) is 45.3 Å². The van der Waals surface area contributed by atoms with Gasteiger partial charge in [0.1, 0.15) is 12.0 Å². The summed E-state index contributed by atoms with van der Waals surface area (Å²) >= 11 is 0. The molecule has 5 heteroatoms. The van der Waals surface area contributed by atoms with Crippen LogP contribution < -0.4 is 4.90 Å². The molecule has 0 bridgehead atoms. The molecule has 2 aromatic rings. The van der Waals surface area contributed by atoms with Gasteiger partial charge in [-0.15, -0.1) is 0 Å². The van der Waals surface area contributed by atoms with E-state index >= 15 is 0 Å². The Morgan fingerprint density at radius 2 is 1.54 bits per heavy atom. The van der Waals surface area contributed by atoms with Gasteiger partial charge in [-0.1, -0.05) is 64.9 Å². The smallest absolute Gasteiger partial charge is 0.124 e. The van der Waals surface area contributed by atoms with Crippen LogP contribution in [0.4, 0.5) is 5.69 Å². The van der Waals surface area contributed by atoms with Crippen LogP contribution >= 0.6 is 0 Å². The molecule has 1 aromatic carbocycles. The lowest BCUT2D eigenvalue weighted by atomic mass is 10.2. The summed E-state index contributed by atoms with van der Waals surface area (Å²) in [6.45, 7) is 18.9. The molecule has 1 aromatic heterocycles. The van der Waals surface area contributed by atoms with Crippen molar-refractivity contribution in [3.63, 3.8) is 0 Å². The molecule has 0 saturated carbocycles. The Kier molecular flexibility index (Phi) is 17.3. The van der Waals surface area contributed by atoms with E-state index in [9.17, 15) is 0 Å². The fraction of sp³-hybridized carbons (Fsp3) is 0.609. The largest absolute Gasteiger partial charge is 0.375 e. The first kappa shape index (κ1) is 26.1. The molecule has 1 aliphatic heterocycles. The van der Waals surface area contributed by atoms with Gasteiger partial charge >= 0.3 is 0 Å². The van der Waals surface area contributed by atoms with E-state index < -0.39 is 0 Å². The summed E-state index contributed by atoms with van der Waals surface area (Å²) in [6, 6.07) is 12.5. The van der Waals surface area contributed by atoms with Crippen molar-refractivity contribution in [3.8, 4) is 0 Å². The van der Waals surface area contributed by atoms with Gasteiger partial charge in [0.2, 0.25) is 0 Å². The third kappa shape index (κ3) is 10.5. The molecule has 2 heterocycles. The molecule has 28 heavy (non-hydrogen) atoms. The number of rotatable bonds is 7. The van der Waals surface area contributed by atoms with Gasteiger partial charge in [-0.2, -0.15) is 0 Å². The number of aromatic nitrogens is 1. The first-order valence-corrected chi connectivity index (χ1v) is 10.9. The Morgan fingerprint density at radius 3 is 2.11 bits per heavy atom. The Balaban J connectivity index is 0.00000111. The second-order valence-corrected chi connectivity index (χ2v) is 5.56. The third-order valence-electron chi connectivity index (χ3n) is 4.00. The van der Waals surface area contributed by atoms with Crippen LogP contribution in [0, 0.1) is 0 Å². The molecule has 160 valence electrons. The average Bonchev–Trinajstić information content (AvgIpc) is 3.32. The van der Waals surface area contributed by atoms with E-state index in [0.29, 0.717) is 6.61 Å². The molecular formula is C23H41N3O2. The van der Waals surface area contributed by atoms with Crippen molar-refractivity contribution in [2.45, 2.75) is 54.6 Å². The molecule has 0 atom stereocenters. The molecule has 3 rings (SSSR count). The highest BCUT2D eigenvalue weighted by atomic mass is 16.5. The number of hydrogen-bond donors (Lipinski definition) is 0. The molecule has 0 N–H and O–H groups in total. The minimum Gasteiger partial charge on any atom is -0.375 e.